The predicted octanol–water partition coefficient (Wildman–Crippen LogP) is 0.326. The van der Waals surface area contributed by atoms with Crippen molar-refractivity contribution in [2.45, 2.75) is 76.6 Å². The second-order valence-electron chi connectivity index (χ2n) is 13.0. The molecule has 57 heavy (non-hydrogen) atoms. The number of furan rings is 1. The first-order chi connectivity index (χ1) is 27.0. The molecule has 0 bridgehead atoms. The molecule has 300 valence electrons. The van der Waals surface area contributed by atoms with Crippen molar-refractivity contribution in [2.75, 3.05) is 6.54 Å². The third kappa shape index (κ3) is 7.53. The summed E-state index contributed by atoms with van der Waals surface area (Å²) in [5.74, 6) is -17.3. The number of aliphatic hydroxyl groups excluding tert-OH is 2. The van der Waals surface area contributed by atoms with Gasteiger partial charge in [0.1, 0.15) is 18.0 Å². The molecule has 19 heteroatoms. The molecular formula is C38H38N3O16+. The van der Waals surface area contributed by atoms with Crippen LogP contribution in [0.4, 0.5) is 0 Å². The lowest BCUT2D eigenvalue weighted by molar-refractivity contribution is -0.792. The molecule has 0 spiro atoms. The van der Waals surface area contributed by atoms with E-state index in [0.29, 0.717) is 23.8 Å². The molecule has 6 atom stereocenters. The number of esters is 4. The molecule has 0 radical (unpaired) electrons. The number of hydrogen-bond acceptors (Lipinski definition) is 17. The van der Waals surface area contributed by atoms with Gasteiger partial charge in [0.2, 0.25) is 5.82 Å². The number of benzene rings is 2. The molecular weight excluding hydrogens is 754 g/mol. The number of carbonyl (C=O) groups excluding carboxylic acids is 5. The Morgan fingerprint density at radius 3 is 2.09 bits per heavy atom. The Morgan fingerprint density at radius 1 is 0.877 bits per heavy atom. The Balaban J connectivity index is 1.60. The molecule has 3 aliphatic rings. The number of aliphatic hydroxyl groups is 4. The van der Waals surface area contributed by atoms with Gasteiger partial charge in [0, 0.05) is 38.0 Å². The van der Waals surface area contributed by atoms with E-state index >= 15 is 0 Å². The highest BCUT2D eigenvalue weighted by Gasteiger charge is 2.84. The Morgan fingerprint density at radius 2 is 1.51 bits per heavy atom. The average Bonchev–Trinajstić information content (AvgIpc) is 3.77. The highest BCUT2D eigenvalue weighted by atomic mass is 16.9. The third-order valence-electron chi connectivity index (χ3n) is 8.89. The highest BCUT2D eigenvalue weighted by molar-refractivity contribution is 6.41. The van der Waals surface area contributed by atoms with Crippen LogP contribution in [0.1, 0.15) is 44.6 Å². The quantitative estimate of drug-likeness (QED) is 0.0834. The molecule has 4 N–H and O–H groups in total. The number of amides is 1. The lowest BCUT2D eigenvalue weighted by Gasteiger charge is -2.55. The van der Waals surface area contributed by atoms with Gasteiger partial charge in [-0.2, -0.15) is 0 Å². The molecule has 19 nitrogen and oxygen atoms in total. The minimum absolute atomic E-state index is 0.0134. The van der Waals surface area contributed by atoms with E-state index < -0.39 is 65.8 Å². The van der Waals surface area contributed by atoms with Crippen LogP contribution in [0.5, 0.6) is 0 Å². The van der Waals surface area contributed by atoms with Crippen LogP contribution in [0.3, 0.4) is 0 Å². The van der Waals surface area contributed by atoms with Crippen molar-refractivity contribution in [3.63, 3.8) is 0 Å². The van der Waals surface area contributed by atoms with Gasteiger partial charge in [0.05, 0.1) is 19.1 Å². The molecule has 1 fully saturated rings. The summed E-state index contributed by atoms with van der Waals surface area (Å²) in [7, 11) is 0. The van der Waals surface area contributed by atoms with E-state index in [-0.39, 0.29) is 42.3 Å². The summed E-state index contributed by atoms with van der Waals surface area (Å²) in [6, 6.07) is 20.6. The van der Waals surface area contributed by atoms with Crippen molar-refractivity contribution in [1.29, 1.82) is 0 Å². The van der Waals surface area contributed by atoms with Gasteiger partial charge in [0.25, 0.3) is 23.6 Å². The maximum Gasteiger partial charge on any atom is 0.353 e. The zero-order chi connectivity index (χ0) is 41.3. The number of ether oxygens (including phenoxy) is 5. The number of carbonyl (C=O) groups is 5. The van der Waals surface area contributed by atoms with Crippen LogP contribution < -0.4 is 0 Å². The van der Waals surface area contributed by atoms with E-state index in [0.717, 1.165) is 25.5 Å². The summed E-state index contributed by atoms with van der Waals surface area (Å²) in [6.45, 7) is 2.74. The second-order valence-corrected chi connectivity index (χ2v) is 13.0. The molecule has 6 rings (SSSR count). The fourth-order valence-electron chi connectivity index (χ4n) is 6.58. The zero-order valence-corrected chi connectivity index (χ0v) is 30.9. The first kappa shape index (κ1) is 40.4. The van der Waals surface area contributed by atoms with Crippen molar-refractivity contribution in [3.05, 3.63) is 107 Å². The fourth-order valence-corrected chi connectivity index (χ4v) is 6.58. The summed E-state index contributed by atoms with van der Waals surface area (Å²) in [6.07, 6.45) is -6.91. The lowest BCUT2D eigenvalue weighted by atomic mass is 9.86. The largest absolute Gasteiger partial charge is 0.469 e. The summed E-state index contributed by atoms with van der Waals surface area (Å²) in [5.41, 5.74) is 1.52. The number of hydroxylamine groups is 1. The monoisotopic (exact) mass is 792 g/mol. The first-order valence-electron chi connectivity index (χ1n) is 17.3. The van der Waals surface area contributed by atoms with E-state index in [9.17, 15) is 44.4 Å². The van der Waals surface area contributed by atoms with E-state index in [1.165, 1.54) is 11.2 Å². The average molecular weight is 793 g/mol. The van der Waals surface area contributed by atoms with Gasteiger partial charge in [-0.05, 0) is 29.8 Å². The topological polar surface area (TPSA) is 253 Å². The summed E-state index contributed by atoms with van der Waals surface area (Å²) >= 11 is 0. The first-order valence-corrected chi connectivity index (χ1v) is 17.3. The molecule has 0 saturated carbocycles. The molecule has 3 aliphatic heterocycles. The Labute approximate surface area is 323 Å². The van der Waals surface area contributed by atoms with E-state index in [1.807, 2.05) is 0 Å². The molecule has 4 heterocycles. The number of allylic oxidation sites excluding steroid dienone is 1. The van der Waals surface area contributed by atoms with Crippen LogP contribution >= 0.6 is 0 Å². The van der Waals surface area contributed by atoms with Gasteiger partial charge in [-0.25, -0.2) is 9.83 Å². The smallest absolute Gasteiger partial charge is 0.353 e. The van der Waals surface area contributed by atoms with Gasteiger partial charge < -0.3 is 43.8 Å². The maximum absolute atomic E-state index is 14.0. The molecule has 1 unspecified atom stereocenters. The fraction of sp³-hybridized carbons (Fsp3) is 0.342. The molecule has 3 aromatic rings. The third-order valence-corrected chi connectivity index (χ3v) is 8.89. The number of rotatable bonds is 12. The number of fused-ring (bicyclic) bond motifs is 1. The van der Waals surface area contributed by atoms with Crippen molar-refractivity contribution in [1.82, 2.24) is 4.90 Å². The lowest BCUT2D eigenvalue weighted by Crippen LogP contribution is -2.85. The molecule has 1 saturated heterocycles. The minimum Gasteiger partial charge on any atom is -0.469 e. The predicted molar refractivity (Wildman–Crippen MR) is 187 cm³/mol. The molecule has 0 aliphatic carbocycles. The van der Waals surface area contributed by atoms with Crippen molar-refractivity contribution >= 4 is 41.2 Å². The Kier molecular flexibility index (Phi) is 11.1. The van der Waals surface area contributed by atoms with Crippen LogP contribution in [0.25, 0.3) is 0 Å². The van der Waals surface area contributed by atoms with Crippen LogP contribution in [-0.2, 0) is 65.3 Å². The second kappa shape index (κ2) is 15.7. The maximum atomic E-state index is 14.0. The Bertz CT molecular complexity index is 2150. The van der Waals surface area contributed by atoms with Gasteiger partial charge >= 0.3 is 47.5 Å². The van der Waals surface area contributed by atoms with Crippen LogP contribution in [0.15, 0.2) is 100.0 Å². The minimum atomic E-state index is -4.10. The molecule has 1 amide bonds. The number of aliphatic imine (C=N–C) groups is 1. The van der Waals surface area contributed by atoms with Crippen LogP contribution in [-0.4, -0.2) is 114 Å². The summed E-state index contributed by atoms with van der Waals surface area (Å²) in [4.78, 5) is 76.3. The number of hydrogen-bond donors (Lipinski definition) is 4. The van der Waals surface area contributed by atoms with E-state index in [4.69, 9.17) is 32.9 Å². The van der Waals surface area contributed by atoms with E-state index in [2.05, 4.69) is 4.99 Å². The SMILES string of the molecule is CC(=O)OC(O)[C@@]1(OC(C)=O)O[C@@H](O[N+]2=C(c3ccccc3)CN3C(=O)C(Cc4ccco4)=NC3=C2Cc2ccccc2)[C@H](O)[C@](O)(OC(C)=O)[C@]1(O)OC(C)=O. The van der Waals surface area contributed by atoms with Crippen molar-refractivity contribution in [3.8, 4) is 0 Å². The van der Waals surface area contributed by atoms with Crippen molar-refractivity contribution < 1.29 is 82.1 Å². The highest BCUT2D eigenvalue weighted by Crippen LogP contribution is 2.50. The van der Waals surface area contributed by atoms with Crippen LogP contribution in [0, 0.1) is 0 Å². The Hall–Kier alpha value is -6.25. The summed E-state index contributed by atoms with van der Waals surface area (Å²) < 4.78 is 32.4. The summed E-state index contributed by atoms with van der Waals surface area (Å²) in [5, 5.41) is 47.4. The van der Waals surface area contributed by atoms with Crippen LogP contribution in [0.2, 0.25) is 0 Å². The van der Waals surface area contributed by atoms with Crippen molar-refractivity contribution in [2.24, 2.45) is 4.99 Å². The van der Waals surface area contributed by atoms with Gasteiger partial charge in [0.15, 0.2) is 6.10 Å². The normalized spacial score (nSPS) is 26.3. The standard InChI is InChI=1S/C38H38N3O16/c1-21(42)52-35(48)37(54-23(3)44)38(50,55-24(4)45)36(49,53-22(2)43)31(46)34(56-37)57-41-29(18-25-12-7-5-8-13-25)32-39-28(19-27-16-11-17-51-27)33(47)40(32)20-30(41)26-14-9-6-10-15-26/h5-17,31,34-35,46,48-50H,18-20H2,1-4H3/q+1/t31-,34-,35?,36-,37+,38-/m0/s1. The van der Waals surface area contributed by atoms with Gasteiger partial charge in [-0.15, -0.1) is 0 Å². The molecule has 1 aromatic heterocycles. The van der Waals surface area contributed by atoms with Gasteiger partial charge in [-0.1, -0.05) is 48.5 Å². The zero-order valence-electron chi connectivity index (χ0n) is 30.9. The molecule has 2 aromatic carbocycles. The van der Waals surface area contributed by atoms with E-state index in [1.54, 1.807) is 72.8 Å². The van der Waals surface area contributed by atoms with Gasteiger partial charge in [-0.3, -0.25) is 33.6 Å². The number of nitrogens with zero attached hydrogens (tertiary/aromatic N) is 3.